The van der Waals surface area contributed by atoms with E-state index in [1.807, 2.05) is 18.7 Å². The molecule has 1 amide bonds. The molecule has 0 aliphatic carbocycles. The Hall–Kier alpha value is -2.71. The van der Waals surface area contributed by atoms with Gasteiger partial charge in [-0.2, -0.15) is 0 Å². The number of carbonyl (C=O) groups is 1. The van der Waals surface area contributed by atoms with Crippen molar-refractivity contribution in [2.75, 3.05) is 21.1 Å². The van der Waals surface area contributed by atoms with Gasteiger partial charge in [-0.3, -0.25) is 4.79 Å². The summed E-state index contributed by atoms with van der Waals surface area (Å²) in [5, 5.41) is 0. The number of carbonyl (C=O) groups excluding carboxylic acids is 1. The highest BCUT2D eigenvalue weighted by Gasteiger charge is 2.19. The van der Waals surface area contributed by atoms with Crippen LogP contribution in [0.4, 0.5) is 0 Å². The van der Waals surface area contributed by atoms with Gasteiger partial charge in [0.15, 0.2) is 0 Å². The molecule has 0 N–H and O–H groups in total. The lowest BCUT2D eigenvalue weighted by Crippen LogP contribution is -2.26. The number of sulfonamides is 1. The minimum Gasteiger partial charge on any atom is -0.341 e. The van der Waals surface area contributed by atoms with E-state index in [4.69, 9.17) is 0 Å². The molecular formula is C23H30N4O3S. The third kappa shape index (κ3) is 4.97. The van der Waals surface area contributed by atoms with Crippen molar-refractivity contribution in [3.05, 3.63) is 59.4 Å². The maximum atomic E-state index is 12.6. The van der Waals surface area contributed by atoms with Gasteiger partial charge >= 0.3 is 0 Å². The minimum atomic E-state index is -3.52. The smallest absolute Gasteiger partial charge is 0.242 e. The maximum absolute atomic E-state index is 12.6. The molecule has 0 fully saturated rings. The van der Waals surface area contributed by atoms with Gasteiger partial charge in [-0.1, -0.05) is 31.2 Å². The number of hydrogen-bond acceptors (Lipinski definition) is 4. The molecule has 0 spiro atoms. The standard InChI is InChI=1S/C23H30N4O3S/c1-6-17-7-9-18(10-8-17)16-26(4)23(28)14-13-22-24-20-15-19(31(29,30)25(2)3)11-12-21(20)27(22)5/h7-12,15H,6,13-14,16H2,1-5H3. The molecule has 0 atom stereocenters. The van der Waals surface area contributed by atoms with Gasteiger partial charge in [-0.15, -0.1) is 0 Å². The van der Waals surface area contributed by atoms with E-state index in [0.29, 0.717) is 24.9 Å². The normalized spacial score (nSPS) is 11.9. The van der Waals surface area contributed by atoms with E-state index >= 15 is 0 Å². The van der Waals surface area contributed by atoms with E-state index in [2.05, 4.69) is 36.2 Å². The maximum Gasteiger partial charge on any atom is 0.242 e. The number of aryl methyl sites for hydroxylation is 3. The van der Waals surface area contributed by atoms with E-state index in [1.54, 1.807) is 23.1 Å². The van der Waals surface area contributed by atoms with Crippen LogP contribution in [0, 0.1) is 0 Å². The fourth-order valence-electron chi connectivity index (χ4n) is 3.48. The average Bonchev–Trinajstić information content (AvgIpc) is 3.07. The number of aromatic nitrogens is 2. The fourth-order valence-corrected chi connectivity index (χ4v) is 4.40. The lowest BCUT2D eigenvalue weighted by atomic mass is 10.1. The molecule has 0 unspecified atom stereocenters. The van der Waals surface area contributed by atoms with Crippen molar-refractivity contribution in [1.29, 1.82) is 0 Å². The zero-order valence-corrected chi connectivity index (χ0v) is 19.6. The summed E-state index contributed by atoms with van der Waals surface area (Å²) < 4.78 is 27.9. The van der Waals surface area contributed by atoms with Gasteiger partial charge < -0.3 is 9.47 Å². The Labute approximate surface area is 184 Å². The van der Waals surface area contributed by atoms with Crippen LogP contribution >= 0.6 is 0 Å². The highest BCUT2D eigenvalue weighted by atomic mass is 32.2. The first kappa shape index (κ1) is 23.0. The molecule has 0 aliphatic heterocycles. The number of imidazole rings is 1. The van der Waals surface area contributed by atoms with Crippen LogP contribution in [0.15, 0.2) is 47.4 Å². The first-order chi connectivity index (χ1) is 14.6. The number of nitrogens with zero attached hydrogens (tertiary/aromatic N) is 4. The van der Waals surface area contributed by atoms with Crippen LogP contribution in [0.3, 0.4) is 0 Å². The number of rotatable bonds is 8. The first-order valence-electron chi connectivity index (χ1n) is 10.3. The Balaban J connectivity index is 1.69. The first-order valence-corrected chi connectivity index (χ1v) is 11.8. The molecule has 0 saturated heterocycles. The topological polar surface area (TPSA) is 75.5 Å². The van der Waals surface area contributed by atoms with Crippen molar-refractivity contribution in [3.8, 4) is 0 Å². The van der Waals surface area contributed by atoms with Gasteiger partial charge in [0.25, 0.3) is 0 Å². The highest BCUT2D eigenvalue weighted by Crippen LogP contribution is 2.22. The number of amides is 1. The molecule has 7 nitrogen and oxygen atoms in total. The lowest BCUT2D eigenvalue weighted by Gasteiger charge is -2.17. The number of fused-ring (bicyclic) bond motifs is 1. The molecule has 0 saturated carbocycles. The summed E-state index contributed by atoms with van der Waals surface area (Å²) in [7, 11) is 3.18. The van der Waals surface area contributed by atoms with Crippen molar-refractivity contribution in [3.63, 3.8) is 0 Å². The second-order valence-electron chi connectivity index (χ2n) is 7.94. The summed E-state index contributed by atoms with van der Waals surface area (Å²) in [5.41, 5.74) is 3.83. The summed E-state index contributed by atoms with van der Waals surface area (Å²) in [4.78, 5) is 19.2. The van der Waals surface area contributed by atoms with Gasteiger partial charge in [0, 0.05) is 47.6 Å². The van der Waals surface area contributed by atoms with Crippen LogP contribution < -0.4 is 0 Å². The number of hydrogen-bond donors (Lipinski definition) is 0. The molecule has 3 rings (SSSR count). The summed E-state index contributed by atoms with van der Waals surface area (Å²) in [6.45, 7) is 2.69. The Bertz CT molecular complexity index is 1180. The Morgan fingerprint density at radius 3 is 2.29 bits per heavy atom. The molecule has 2 aromatic carbocycles. The van der Waals surface area contributed by atoms with Crippen molar-refractivity contribution in [2.24, 2.45) is 7.05 Å². The van der Waals surface area contributed by atoms with Gasteiger partial charge in [0.05, 0.1) is 15.9 Å². The van der Waals surface area contributed by atoms with Crippen molar-refractivity contribution in [2.45, 2.75) is 37.6 Å². The predicted molar refractivity (Wildman–Crippen MR) is 122 cm³/mol. The van der Waals surface area contributed by atoms with Gasteiger partial charge in [-0.25, -0.2) is 17.7 Å². The van der Waals surface area contributed by atoms with E-state index in [9.17, 15) is 13.2 Å². The van der Waals surface area contributed by atoms with E-state index in [0.717, 1.165) is 23.3 Å². The van der Waals surface area contributed by atoms with Gasteiger partial charge in [0.1, 0.15) is 5.82 Å². The monoisotopic (exact) mass is 442 g/mol. The zero-order chi connectivity index (χ0) is 22.8. The molecule has 0 aliphatic rings. The van der Waals surface area contributed by atoms with Crippen LogP contribution in [-0.2, 0) is 41.3 Å². The molecule has 8 heteroatoms. The molecule has 31 heavy (non-hydrogen) atoms. The molecular weight excluding hydrogens is 412 g/mol. The van der Waals surface area contributed by atoms with Crippen LogP contribution in [0.2, 0.25) is 0 Å². The molecule has 0 bridgehead atoms. The minimum absolute atomic E-state index is 0.0440. The molecule has 1 aromatic heterocycles. The summed E-state index contributed by atoms with van der Waals surface area (Å²) in [5.74, 6) is 0.797. The lowest BCUT2D eigenvalue weighted by molar-refractivity contribution is -0.130. The van der Waals surface area contributed by atoms with Crippen molar-refractivity contribution < 1.29 is 13.2 Å². The fraction of sp³-hybridized carbons (Fsp3) is 0.391. The van der Waals surface area contributed by atoms with Crippen LogP contribution in [-0.4, -0.2) is 54.2 Å². The SMILES string of the molecule is CCc1ccc(CN(C)C(=O)CCc2nc3cc(S(=O)(=O)N(C)C)ccc3n2C)cc1. The van der Waals surface area contributed by atoms with E-state index < -0.39 is 10.0 Å². The summed E-state index contributed by atoms with van der Waals surface area (Å²) in [6, 6.07) is 13.3. The Morgan fingerprint density at radius 1 is 1.03 bits per heavy atom. The molecule has 0 radical (unpaired) electrons. The third-order valence-electron chi connectivity index (χ3n) is 5.56. The van der Waals surface area contributed by atoms with Gasteiger partial charge in [0.2, 0.25) is 15.9 Å². The second kappa shape index (κ2) is 9.20. The number of benzene rings is 2. The molecule has 166 valence electrons. The predicted octanol–water partition coefficient (Wildman–Crippen LogP) is 2.98. The third-order valence-corrected chi connectivity index (χ3v) is 7.37. The van der Waals surface area contributed by atoms with E-state index in [1.165, 1.54) is 24.0 Å². The quantitative estimate of drug-likeness (QED) is 0.537. The Kier molecular flexibility index (Phi) is 6.81. The average molecular weight is 443 g/mol. The van der Waals surface area contributed by atoms with Crippen LogP contribution in [0.25, 0.3) is 11.0 Å². The van der Waals surface area contributed by atoms with Crippen molar-refractivity contribution >= 4 is 27.0 Å². The highest BCUT2D eigenvalue weighted by molar-refractivity contribution is 7.89. The van der Waals surface area contributed by atoms with E-state index in [-0.39, 0.29) is 10.8 Å². The van der Waals surface area contributed by atoms with Crippen LogP contribution in [0.1, 0.15) is 30.3 Å². The Morgan fingerprint density at radius 2 is 1.68 bits per heavy atom. The largest absolute Gasteiger partial charge is 0.341 e. The van der Waals surface area contributed by atoms with Gasteiger partial charge in [-0.05, 0) is 35.7 Å². The summed E-state index contributed by atoms with van der Waals surface area (Å²) >= 11 is 0. The molecule has 1 heterocycles. The van der Waals surface area contributed by atoms with Crippen LogP contribution in [0.5, 0.6) is 0 Å². The second-order valence-corrected chi connectivity index (χ2v) is 10.1. The van der Waals surface area contributed by atoms with Crippen molar-refractivity contribution in [1.82, 2.24) is 18.8 Å². The summed E-state index contributed by atoms with van der Waals surface area (Å²) in [6.07, 6.45) is 1.82. The zero-order valence-electron chi connectivity index (χ0n) is 18.8. The molecule has 3 aromatic rings.